The Kier molecular flexibility index (Phi) is 4.69. The molecule has 0 saturated carbocycles. The van der Waals surface area contributed by atoms with Crippen LogP contribution in [0.3, 0.4) is 0 Å². The van der Waals surface area contributed by atoms with Gasteiger partial charge in [-0.05, 0) is 42.7 Å². The molecule has 1 aliphatic rings. The highest BCUT2D eigenvalue weighted by atomic mass is 32.2. The summed E-state index contributed by atoms with van der Waals surface area (Å²) in [6, 6.07) is 15.9. The Morgan fingerprint density at radius 1 is 1.08 bits per heavy atom. The van der Waals surface area contributed by atoms with Gasteiger partial charge in [-0.1, -0.05) is 30.3 Å². The highest BCUT2D eigenvalue weighted by Gasteiger charge is 2.35. The maximum Gasteiger partial charge on any atom is 0.243 e. The van der Waals surface area contributed by atoms with Gasteiger partial charge in [0.1, 0.15) is 0 Å². The first-order valence-electron chi connectivity index (χ1n) is 7.93. The van der Waals surface area contributed by atoms with Crippen molar-refractivity contribution in [2.45, 2.75) is 30.7 Å². The molecule has 1 heterocycles. The molecule has 1 fully saturated rings. The fourth-order valence-electron chi connectivity index (χ4n) is 3.09. The summed E-state index contributed by atoms with van der Waals surface area (Å²) in [5.41, 5.74) is 1.61. The summed E-state index contributed by atoms with van der Waals surface area (Å²) in [6.07, 6.45) is 1.68. The minimum absolute atomic E-state index is 0.119. The van der Waals surface area contributed by atoms with E-state index in [4.69, 9.17) is 0 Å². The van der Waals surface area contributed by atoms with Crippen LogP contribution in [-0.4, -0.2) is 25.2 Å². The van der Waals surface area contributed by atoms with Crippen molar-refractivity contribution in [1.82, 2.24) is 4.31 Å². The number of carbonyl (C=O) groups is 1. The Morgan fingerprint density at radius 2 is 1.75 bits per heavy atom. The van der Waals surface area contributed by atoms with E-state index in [1.165, 1.54) is 6.92 Å². The molecule has 0 spiro atoms. The van der Waals surface area contributed by atoms with E-state index in [-0.39, 0.29) is 16.8 Å². The monoisotopic (exact) mass is 344 g/mol. The quantitative estimate of drug-likeness (QED) is 0.926. The molecular weight excluding hydrogens is 324 g/mol. The van der Waals surface area contributed by atoms with E-state index in [1.807, 2.05) is 30.3 Å². The number of nitrogens with zero attached hydrogens (tertiary/aromatic N) is 1. The van der Waals surface area contributed by atoms with Crippen LogP contribution in [0.25, 0.3) is 0 Å². The number of nitrogens with one attached hydrogen (secondary N) is 1. The second-order valence-corrected chi connectivity index (χ2v) is 7.78. The van der Waals surface area contributed by atoms with Gasteiger partial charge in [0.2, 0.25) is 15.9 Å². The van der Waals surface area contributed by atoms with Crippen molar-refractivity contribution in [3.8, 4) is 0 Å². The van der Waals surface area contributed by atoms with Crippen molar-refractivity contribution < 1.29 is 13.2 Å². The van der Waals surface area contributed by atoms with Crippen LogP contribution in [0.15, 0.2) is 59.5 Å². The zero-order valence-electron chi connectivity index (χ0n) is 13.5. The standard InChI is InChI=1S/C18H20N2O3S/c1-14(21)19-16-9-11-17(12-10-16)24(22,23)20-13-5-8-18(20)15-6-3-2-4-7-15/h2-4,6-7,9-12,18H,5,8,13H2,1H3,(H,19,21)/t18-/m0/s1. The molecule has 6 heteroatoms. The Morgan fingerprint density at radius 3 is 2.38 bits per heavy atom. The van der Waals surface area contributed by atoms with E-state index in [0.717, 1.165) is 18.4 Å². The molecule has 1 amide bonds. The number of hydrogen-bond acceptors (Lipinski definition) is 3. The summed E-state index contributed by atoms with van der Waals surface area (Å²) in [4.78, 5) is 11.3. The van der Waals surface area contributed by atoms with Crippen LogP contribution < -0.4 is 5.32 Å². The molecule has 126 valence electrons. The highest BCUT2D eigenvalue weighted by Crippen LogP contribution is 2.36. The van der Waals surface area contributed by atoms with Gasteiger partial charge in [-0.2, -0.15) is 4.31 Å². The minimum Gasteiger partial charge on any atom is -0.326 e. The molecule has 0 aromatic heterocycles. The molecule has 1 atom stereocenters. The molecule has 2 aromatic carbocycles. The predicted octanol–water partition coefficient (Wildman–Crippen LogP) is 3.17. The third-order valence-electron chi connectivity index (χ3n) is 4.17. The minimum atomic E-state index is -3.56. The van der Waals surface area contributed by atoms with Gasteiger partial charge in [0.15, 0.2) is 0 Å². The normalized spacial score (nSPS) is 18.5. The largest absolute Gasteiger partial charge is 0.326 e. The summed E-state index contributed by atoms with van der Waals surface area (Å²) < 4.78 is 27.6. The van der Waals surface area contributed by atoms with Crippen molar-refractivity contribution in [2.24, 2.45) is 0 Å². The molecule has 1 saturated heterocycles. The van der Waals surface area contributed by atoms with E-state index < -0.39 is 10.0 Å². The Balaban J connectivity index is 1.88. The topological polar surface area (TPSA) is 66.5 Å². The molecule has 0 radical (unpaired) electrons. The molecule has 5 nitrogen and oxygen atoms in total. The summed E-state index contributed by atoms with van der Waals surface area (Å²) >= 11 is 0. The van der Waals surface area contributed by atoms with Gasteiger partial charge in [-0.25, -0.2) is 8.42 Å². The Bertz CT molecular complexity index is 817. The van der Waals surface area contributed by atoms with Crippen LogP contribution in [0.5, 0.6) is 0 Å². The highest BCUT2D eigenvalue weighted by molar-refractivity contribution is 7.89. The fraction of sp³-hybridized carbons (Fsp3) is 0.278. The first-order valence-corrected chi connectivity index (χ1v) is 9.37. The SMILES string of the molecule is CC(=O)Nc1ccc(S(=O)(=O)N2CCC[C@H]2c2ccccc2)cc1. The Labute approximate surface area is 142 Å². The van der Waals surface area contributed by atoms with Crippen molar-refractivity contribution >= 4 is 21.6 Å². The average Bonchev–Trinajstić information content (AvgIpc) is 3.06. The van der Waals surface area contributed by atoms with Gasteiger partial charge in [0.05, 0.1) is 10.9 Å². The van der Waals surface area contributed by atoms with Crippen LogP contribution in [0.2, 0.25) is 0 Å². The fourth-order valence-corrected chi connectivity index (χ4v) is 4.77. The van der Waals surface area contributed by atoms with Gasteiger partial charge in [0, 0.05) is 19.2 Å². The number of carbonyl (C=O) groups excluding carboxylic acids is 1. The van der Waals surface area contributed by atoms with Crippen molar-refractivity contribution in [2.75, 3.05) is 11.9 Å². The van der Waals surface area contributed by atoms with Gasteiger partial charge in [-0.15, -0.1) is 0 Å². The van der Waals surface area contributed by atoms with Crippen LogP contribution in [-0.2, 0) is 14.8 Å². The number of benzene rings is 2. The molecule has 24 heavy (non-hydrogen) atoms. The number of rotatable bonds is 4. The first kappa shape index (κ1) is 16.7. The van der Waals surface area contributed by atoms with Gasteiger partial charge >= 0.3 is 0 Å². The maximum atomic E-state index is 13.0. The van der Waals surface area contributed by atoms with Gasteiger partial charge < -0.3 is 5.32 Å². The van der Waals surface area contributed by atoms with E-state index in [1.54, 1.807) is 28.6 Å². The lowest BCUT2D eigenvalue weighted by Crippen LogP contribution is -2.30. The van der Waals surface area contributed by atoms with Crippen molar-refractivity contribution in [1.29, 1.82) is 0 Å². The third-order valence-corrected chi connectivity index (χ3v) is 6.09. The van der Waals surface area contributed by atoms with Crippen molar-refractivity contribution in [3.63, 3.8) is 0 Å². The average molecular weight is 344 g/mol. The lowest BCUT2D eigenvalue weighted by atomic mass is 10.1. The van der Waals surface area contributed by atoms with E-state index in [2.05, 4.69) is 5.32 Å². The number of amides is 1. The smallest absolute Gasteiger partial charge is 0.243 e. The van der Waals surface area contributed by atoms with Crippen LogP contribution in [0.1, 0.15) is 31.4 Å². The lowest BCUT2D eigenvalue weighted by Gasteiger charge is -2.24. The second kappa shape index (κ2) is 6.75. The van der Waals surface area contributed by atoms with Crippen LogP contribution >= 0.6 is 0 Å². The molecule has 1 N–H and O–H groups in total. The number of hydrogen-bond donors (Lipinski definition) is 1. The molecule has 3 rings (SSSR count). The zero-order chi connectivity index (χ0) is 17.2. The molecule has 0 aliphatic carbocycles. The zero-order valence-corrected chi connectivity index (χ0v) is 14.3. The lowest BCUT2D eigenvalue weighted by molar-refractivity contribution is -0.114. The van der Waals surface area contributed by atoms with Crippen LogP contribution in [0, 0.1) is 0 Å². The van der Waals surface area contributed by atoms with Crippen LogP contribution in [0.4, 0.5) is 5.69 Å². The second-order valence-electron chi connectivity index (χ2n) is 5.89. The van der Waals surface area contributed by atoms with Gasteiger partial charge in [0.25, 0.3) is 0 Å². The van der Waals surface area contributed by atoms with Crippen molar-refractivity contribution in [3.05, 3.63) is 60.2 Å². The molecule has 2 aromatic rings. The Hall–Kier alpha value is -2.18. The van der Waals surface area contributed by atoms with Gasteiger partial charge in [-0.3, -0.25) is 4.79 Å². The maximum absolute atomic E-state index is 13.0. The molecule has 0 unspecified atom stereocenters. The van der Waals surface area contributed by atoms with E-state index in [0.29, 0.717) is 12.2 Å². The molecule has 1 aliphatic heterocycles. The third kappa shape index (κ3) is 3.34. The van der Waals surface area contributed by atoms with E-state index >= 15 is 0 Å². The van der Waals surface area contributed by atoms with E-state index in [9.17, 15) is 13.2 Å². The predicted molar refractivity (Wildman–Crippen MR) is 93.1 cm³/mol. The first-order chi connectivity index (χ1) is 11.5. The summed E-state index contributed by atoms with van der Waals surface area (Å²) in [5.74, 6) is -0.186. The number of anilines is 1. The molecule has 0 bridgehead atoms. The summed E-state index contributed by atoms with van der Waals surface area (Å²) in [6.45, 7) is 1.94. The number of sulfonamides is 1. The summed E-state index contributed by atoms with van der Waals surface area (Å²) in [5, 5.41) is 2.64. The summed E-state index contributed by atoms with van der Waals surface area (Å²) in [7, 11) is -3.56. The molecular formula is C18H20N2O3S.